The van der Waals surface area contributed by atoms with Crippen molar-refractivity contribution < 1.29 is 9.53 Å². The first-order chi connectivity index (χ1) is 10.9. The van der Waals surface area contributed by atoms with E-state index in [1.165, 1.54) is 11.1 Å². The van der Waals surface area contributed by atoms with Crippen LogP contribution in [0.15, 0.2) is 30.6 Å². The van der Waals surface area contributed by atoms with Gasteiger partial charge in [0, 0.05) is 23.8 Å². The van der Waals surface area contributed by atoms with E-state index in [1.807, 2.05) is 33.2 Å². The molecule has 5 nitrogen and oxygen atoms in total. The van der Waals surface area contributed by atoms with Crippen molar-refractivity contribution in [1.82, 2.24) is 15.3 Å². The second-order valence-electron chi connectivity index (χ2n) is 6.95. The zero-order valence-electron chi connectivity index (χ0n) is 13.8. The van der Waals surface area contributed by atoms with E-state index in [2.05, 4.69) is 33.5 Å². The number of nitrogens with zero attached hydrogens (tertiary/aromatic N) is 1. The van der Waals surface area contributed by atoms with Crippen molar-refractivity contribution in [2.24, 2.45) is 0 Å². The Balaban J connectivity index is 1.67. The predicted octanol–water partition coefficient (Wildman–Crippen LogP) is 4.02. The molecule has 5 heteroatoms. The van der Waals surface area contributed by atoms with Crippen LogP contribution in [0.1, 0.15) is 45.6 Å². The van der Waals surface area contributed by atoms with Crippen LogP contribution in [0.25, 0.3) is 16.6 Å². The first kappa shape index (κ1) is 15.6. The van der Waals surface area contributed by atoms with Gasteiger partial charge in [-0.05, 0) is 63.3 Å². The maximum atomic E-state index is 11.9. The number of aromatic amines is 1. The molecule has 0 fully saturated rings. The molecule has 1 aliphatic carbocycles. The van der Waals surface area contributed by atoms with Gasteiger partial charge in [-0.25, -0.2) is 9.78 Å². The molecule has 1 amide bonds. The van der Waals surface area contributed by atoms with Gasteiger partial charge in [-0.15, -0.1) is 0 Å². The second kappa shape index (κ2) is 6.07. The normalized spacial score (nSPS) is 18.6. The molecule has 2 aromatic rings. The molecule has 0 radical (unpaired) electrons. The summed E-state index contributed by atoms with van der Waals surface area (Å²) in [6, 6.07) is 4.25. The number of carbonyl (C=O) groups is 1. The molecular weight excluding hydrogens is 290 g/mol. The Kier molecular flexibility index (Phi) is 4.11. The van der Waals surface area contributed by atoms with Gasteiger partial charge < -0.3 is 15.0 Å². The van der Waals surface area contributed by atoms with Crippen LogP contribution in [-0.2, 0) is 4.74 Å². The van der Waals surface area contributed by atoms with E-state index in [0.29, 0.717) is 0 Å². The van der Waals surface area contributed by atoms with E-state index in [9.17, 15) is 4.79 Å². The Morgan fingerprint density at radius 1 is 1.39 bits per heavy atom. The van der Waals surface area contributed by atoms with Gasteiger partial charge >= 0.3 is 6.09 Å². The second-order valence-corrected chi connectivity index (χ2v) is 6.95. The number of rotatable bonds is 2. The fraction of sp³-hybridized carbons (Fsp3) is 0.444. The van der Waals surface area contributed by atoms with Crippen molar-refractivity contribution >= 4 is 22.7 Å². The average molecular weight is 313 g/mol. The van der Waals surface area contributed by atoms with Crippen molar-refractivity contribution in [3.63, 3.8) is 0 Å². The molecular formula is C18H23N3O2. The summed E-state index contributed by atoms with van der Waals surface area (Å²) in [6.07, 6.45) is 8.30. The molecule has 0 spiro atoms. The number of carbonyl (C=O) groups excluding carboxylic acids is 1. The molecule has 0 bridgehead atoms. The summed E-state index contributed by atoms with van der Waals surface area (Å²) in [6.45, 7) is 5.62. The van der Waals surface area contributed by atoms with Crippen molar-refractivity contribution in [3.8, 4) is 0 Å². The largest absolute Gasteiger partial charge is 0.444 e. The summed E-state index contributed by atoms with van der Waals surface area (Å²) in [5, 5.41) is 4.11. The van der Waals surface area contributed by atoms with Crippen LogP contribution in [0.3, 0.4) is 0 Å². The third kappa shape index (κ3) is 3.73. The third-order valence-corrected chi connectivity index (χ3v) is 3.94. The minimum atomic E-state index is -0.462. The van der Waals surface area contributed by atoms with Crippen LogP contribution in [0.4, 0.5) is 4.79 Å². The van der Waals surface area contributed by atoms with Crippen molar-refractivity contribution in [2.45, 2.75) is 51.7 Å². The zero-order chi connectivity index (χ0) is 16.4. The summed E-state index contributed by atoms with van der Waals surface area (Å²) < 4.78 is 5.32. The highest BCUT2D eigenvalue weighted by molar-refractivity contribution is 5.90. The predicted molar refractivity (Wildman–Crippen MR) is 91.1 cm³/mol. The van der Waals surface area contributed by atoms with E-state index in [-0.39, 0.29) is 12.1 Å². The Hall–Kier alpha value is -2.30. The van der Waals surface area contributed by atoms with E-state index >= 15 is 0 Å². The monoisotopic (exact) mass is 313 g/mol. The molecule has 2 heterocycles. The summed E-state index contributed by atoms with van der Waals surface area (Å²) in [5.74, 6) is 0. The van der Waals surface area contributed by atoms with Gasteiger partial charge in [0.1, 0.15) is 11.2 Å². The summed E-state index contributed by atoms with van der Waals surface area (Å²) in [7, 11) is 0. The SMILES string of the molecule is CC(C)(C)OC(=O)NC1CC=C(c2ccnc3[nH]ccc23)CC1. The van der Waals surface area contributed by atoms with Crippen LogP contribution >= 0.6 is 0 Å². The van der Waals surface area contributed by atoms with Gasteiger partial charge in [0.15, 0.2) is 0 Å². The summed E-state index contributed by atoms with van der Waals surface area (Å²) in [5.41, 5.74) is 3.00. The van der Waals surface area contributed by atoms with Crippen LogP contribution in [0, 0.1) is 0 Å². The number of alkyl carbamates (subject to hydrolysis) is 1. The number of pyridine rings is 1. The van der Waals surface area contributed by atoms with E-state index in [1.54, 1.807) is 0 Å². The maximum absolute atomic E-state index is 11.9. The fourth-order valence-corrected chi connectivity index (χ4v) is 2.93. The lowest BCUT2D eigenvalue weighted by molar-refractivity contribution is 0.0502. The highest BCUT2D eigenvalue weighted by Crippen LogP contribution is 2.31. The van der Waals surface area contributed by atoms with E-state index in [0.717, 1.165) is 30.3 Å². The number of fused-ring (bicyclic) bond motifs is 1. The summed E-state index contributed by atoms with van der Waals surface area (Å²) >= 11 is 0. The van der Waals surface area contributed by atoms with Crippen molar-refractivity contribution in [1.29, 1.82) is 0 Å². The average Bonchev–Trinajstić information content (AvgIpc) is 2.94. The lowest BCUT2D eigenvalue weighted by Crippen LogP contribution is -2.39. The molecule has 2 N–H and O–H groups in total. The molecule has 0 saturated carbocycles. The molecule has 1 aliphatic rings. The van der Waals surface area contributed by atoms with Gasteiger partial charge in [0.25, 0.3) is 0 Å². The molecule has 0 aromatic carbocycles. The zero-order valence-corrected chi connectivity index (χ0v) is 13.8. The third-order valence-electron chi connectivity index (χ3n) is 3.94. The quantitative estimate of drug-likeness (QED) is 0.880. The highest BCUT2D eigenvalue weighted by Gasteiger charge is 2.22. The van der Waals surface area contributed by atoms with Gasteiger partial charge in [-0.2, -0.15) is 0 Å². The van der Waals surface area contributed by atoms with Crippen LogP contribution < -0.4 is 5.32 Å². The number of hydrogen-bond acceptors (Lipinski definition) is 3. The molecule has 2 aromatic heterocycles. The number of aromatic nitrogens is 2. The van der Waals surface area contributed by atoms with Gasteiger partial charge in [-0.1, -0.05) is 6.08 Å². The minimum absolute atomic E-state index is 0.136. The minimum Gasteiger partial charge on any atom is -0.444 e. The molecule has 23 heavy (non-hydrogen) atoms. The van der Waals surface area contributed by atoms with E-state index in [4.69, 9.17) is 4.74 Å². The van der Waals surface area contributed by atoms with Gasteiger partial charge in [-0.3, -0.25) is 0 Å². The number of ether oxygens (including phenoxy) is 1. The van der Waals surface area contributed by atoms with E-state index < -0.39 is 5.60 Å². The molecule has 0 aliphatic heterocycles. The topological polar surface area (TPSA) is 67.0 Å². The first-order valence-electron chi connectivity index (χ1n) is 8.03. The molecule has 1 unspecified atom stereocenters. The van der Waals surface area contributed by atoms with Gasteiger partial charge in [0.05, 0.1) is 0 Å². The fourth-order valence-electron chi connectivity index (χ4n) is 2.93. The first-order valence-corrected chi connectivity index (χ1v) is 8.03. The Bertz CT molecular complexity index is 740. The maximum Gasteiger partial charge on any atom is 0.407 e. The van der Waals surface area contributed by atoms with Crippen molar-refractivity contribution in [2.75, 3.05) is 0 Å². The lowest BCUT2D eigenvalue weighted by atomic mass is 9.90. The molecule has 122 valence electrons. The number of nitrogens with one attached hydrogen (secondary N) is 2. The van der Waals surface area contributed by atoms with Gasteiger partial charge in [0.2, 0.25) is 0 Å². The van der Waals surface area contributed by atoms with Crippen LogP contribution in [-0.4, -0.2) is 27.7 Å². The van der Waals surface area contributed by atoms with Crippen LogP contribution in [0.2, 0.25) is 0 Å². The standard InChI is InChI=1S/C18H23N3O2/c1-18(2,3)23-17(22)21-13-6-4-12(5-7-13)14-8-10-19-16-15(14)9-11-20-16/h4,8-11,13H,5-7H2,1-3H3,(H,19,20)(H,21,22). The van der Waals surface area contributed by atoms with Crippen molar-refractivity contribution in [3.05, 3.63) is 36.2 Å². The number of amides is 1. The van der Waals surface area contributed by atoms with Crippen LogP contribution in [0.5, 0.6) is 0 Å². The Morgan fingerprint density at radius 2 is 2.22 bits per heavy atom. The number of allylic oxidation sites excluding steroid dienone is 1. The molecule has 1 atom stereocenters. The number of hydrogen-bond donors (Lipinski definition) is 2. The summed E-state index contributed by atoms with van der Waals surface area (Å²) in [4.78, 5) is 19.3. The lowest BCUT2D eigenvalue weighted by Gasteiger charge is -2.26. The Labute approximate surface area is 136 Å². The Morgan fingerprint density at radius 3 is 2.91 bits per heavy atom. The smallest absolute Gasteiger partial charge is 0.407 e. The molecule has 0 saturated heterocycles. The number of H-pyrrole nitrogens is 1. The molecule has 3 rings (SSSR count). The highest BCUT2D eigenvalue weighted by atomic mass is 16.6.